The number of methoxy groups -OCH3 is 2. The molecule has 0 bridgehead atoms. The van der Waals surface area contributed by atoms with E-state index in [1.54, 1.807) is 0 Å². The normalized spacial score (nSPS) is 51.9. The summed E-state index contributed by atoms with van der Waals surface area (Å²) < 4.78 is 35.4. The third-order valence-electron chi connectivity index (χ3n) is 15.2. The van der Waals surface area contributed by atoms with Gasteiger partial charge in [-0.25, -0.2) is 0 Å². The Kier molecular flexibility index (Phi) is 12.8. The molecule has 2 saturated heterocycles. The number of aliphatic hydroxyl groups excluding tert-OH is 7. The molecule has 13 nitrogen and oxygen atoms in total. The van der Waals surface area contributed by atoms with Crippen LogP contribution in [0.25, 0.3) is 0 Å². The average molecular weight is 745 g/mol. The summed E-state index contributed by atoms with van der Waals surface area (Å²) in [7, 11) is 2.92. The number of aliphatic hydroxyl groups is 7. The van der Waals surface area contributed by atoms with Crippen LogP contribution in [0.2, 0.25) is 0 Å². The van der Waals surface area contributed by atoms with Gasteiger partial charge in [0, 0.05) is 20.1 Å². The predicted molar refractivity (Wildman–Crippen MR) is 187 cm³/mol. The Labute approximate surface area is 309 Å². The largest absolute Gasteiger partial charge is 0.394 e. The first-order valence-corrected chi connectivity index (χ1v) is 19.9. The van der Waals surface area contributed by atoms with E-state index in [1.165, 1.54) is 14.2 Å². The minimum absolute atomic E-state index is 0.0598. The third kappa shape index (κ3) is 7.16. The molecule has 302 valence electrons. The second-order valence-electron chi connectivity index (χ2n) is 18.1. The van der Waals surface area contributed by atoms with Gasteiger partial charge in [-0.2, -0.15) is 0 Å². The monoisotopic (exact) mass is 744 g/mol. The van der Waals surface area contributed by atoms with E-state index in [4.69, 9.17) is 28.4 Å². The number of rotatable bonds is 12. The van der Waals surface area contributed by atoms with Crippen molar-refractivity contribution in [3.05, 3.63) is 0 Å². The van der Waals surface area contributed by atoms with Crippen molar-refractivity contribution in [3.63, 3.8) is 0 Å². The van der Waals surface area contributed by atoms with Crippen LogP contribution in [0.5, 0.6) is 0 Å². The number of ether oxygens (including phenoxy) is 6. The van der Waals surface area contributed by atoms with Crippen molar-refractivity contribution in [1.82, 2.24) is 0 Å². The summed E-state index contributed by atoms with van der Waals surface area (Å²) >= 11 is 0. The zero-order valence-electron chi connectivity index (χ0n) is 32.2. The summed E-state index contributed by atoms with van der Waals surface area (Å²) in [5.41, 5.74) is -0.375. The fourth-order valence-corrected chi connectivity index (χ4v) is 12.3. The van der Waals surface area contributed by atoms with Crippen molar-refractivity contribution in [3.8, 4) is 0 Å². The highest BCUT2D eigenvalue weighted by Crippen LogP contribution is 2.68. The van der Waals surface area contributed by atoms with Crippen LogP contribution in [-0.4, -0.2) is 143 Å². The van der Waals surface area contributed by atoms with Gasteiger partial charge < -0.3 is 64.2 Å². The first kappa shape index (κ1) is 41.1. The molecule has 6 rings (SSSR count). The highest BCUT2D eigenvalue weighted by Gasteiger charge is 2.66. The second-order valence-corrected chi connectivity index (χ2v) is 18.1. The topological polar surface area (TPSA) is 197 Å². The van der Waals surface area contributed by atoms with E-state index >= 15 is 0 Å². The number of hydrogen-bond donors (Lipinski definition) is 7. The summed E-state index contributed by atoms with van der Waals surface area (Å²) in [6, 6.07) is 0. The first-order valence-electron chi connectivity index (χ1n) is 19.9. The smallest absolute Gasteiger partial charge is 0.187 e. The maximum atomic E-state index is 11.8. The molecular weight excluding hydrogens is 676 g/mol. The van der Waals surface area contributed by atoms with Gasteiger partial charge in [0.05, 0.1) is 43.7 Å². The molecule has 4 saturated carbocycles. The van der Waals surface area contributed by atoms with Crippen LogP contribution in [0.3, 0.4) is 0 Å². The molecule has 6 aliphatic rings. The minimum Gasteiger partial charge on any atom is -0.394 e. The molecule has 7 N–H and O–H groups in total. The summed E-state index contributed by atoms with van der Waals surface area (Å²) in [6.45, 7) is 10.6. The lowest BCUT2D eigenvalue weighted by molar-refractivity contribution is -0.313. The molecule has 2 aliphatic heterocycles. The molecule has 4 aliphatic carbocycles. The van der Waals surface area contributed by atoms with E-state index in [2.05, 4.69) is 34.6 Å². The zero-order chi connectivity index (χ0) is 37.9. The van der Waals surface area contributed by atoms with E-state index < -0.39 is 80.2 Å². The van der Waals surface area contributed by atoms with Gasteiger partial charge in [0.2, 0.25) is 0 Å². The molecule has 0 aromatic carbocycles. The lowest BCUT2D eigenvalue weighted by Crippen LogP contribution is -2.63. The molecule has 52 heavy (non-hydrogen) atoms. The molecule has 0 amide bonds. The van der Waals surface area contributed by atoms with Crippen LogP contribution >= 0.6 is 0 Å². The summed E-state index contributed by atoms with van der Waals surface area (Å²) in [4.78, 5) is 0. The predicted octanol–water partition coefficient (Wildman–Crippen LogP) is 1.59. The van der Waals surface area contributed by atoms with E-state index in [1.807, 2.05) is 0 Å². The number of hydrogen-bond acceptors (Lipinski definition) is 13. The van der Waals surface area contributed by atoms with Gasteiger partial charge in [0.15, 0.2) is 12.6 Å². The van der Waals surface area contributed by atoms with Crippen molar-refractivity contribution in [2.75, 3.05) is 27.4 Å². The number of fused-ring (bicyclic) bond motifs is 5. The highest BCUT2D eigenvalue weighted by molar-refractivity contribution is 5.14. The van der Waals surface area contributed by atoms with Crippen molar-refractivity contribution in [2.24, 2.45) is 52.3 Å². The van der Waals surface area contributed by atoms with Crippen molar-refractivity contribution >= 4 is 0 Å². The van der Waals surface area contributed by atoms with E-state index in [-0.39, 0.29) is 65.0 Å². The Morgan fingerprint density at radius 2 is 1.44 bits per heavy atom. The summed E-state index contributed by atoms with van der Waals surface area (Å²) in [6.07, 6.45) is -4.75. The van der Waals surface area contributed by atoms with Crippen LogP contribution < -0.4 is 0 Å². The van der Waals surface area contributed by atoms with Gasteiger partial charge >= 0.3 is 0 Å². The Morgan fingerprint density at radius 3 is 2.10 bits per heavy atom. The van der Waals surface area contributed by atoms with Crippen LogP contribution in [-0.2, 0) is 28.4 Å². The standard InChI is InChI=1S/C39H68O13/c1-18(2)26(50-37-35(32(45)27(16-40)51-37)52-36-34(48-7)33(46)28(47-6)17-49-36)9-8-19(3)22-15-25(43)29-20-14-24(42)30-31(44)23(41)11-13-38(30,4)21(20)10-12-39(22,29)5/h18-37,40-46H,8-17H2,1-7H3/t19-,20-,21+,22-,23+,24+,25-,26+,27-,28-,29-,30+,31+,32+,33+,34-,35-,36+,37-,38-,39-/m1/s1. The van der Waals surface area contributed by atoms with Crippen molar-refractivity contribution in [1.29, 1.82) is 0 Å². The maximum absolute atomic E-state index is 11.8. The molecule has 0 aromatic rings. The fraction of sp³-hybridized carbons (Fsp3) is 1.00. The van der Waals surface area contributed by atoms with E-state index in [9.17, 15) is 35.7 Å². The molecule has 13 heteroatoms. The summed E-state index contributed by atoms with van der Waals surface area (Å²) in [5.74, 6) is 0.797. The zero-order valence-corrected chi connectivity index (χ0v) is 32.2. The third-order valence-corrected chi connectivity index (χ3v) is 15.2. The molecule has 0 spiro atoms. The lowest BCUT2D eigenvalue weighted by atomic mass is 9.43. The van der Waals surface area contributed by atoms with Crippen LogP contribution in [0, 0.1) is 52.3 Å². The quantitative estimate of drug-likeness (QED) is 0.152. The van der Waals surface area contributed by atoms with Crippen molar-refractivity contribution in [2.45, 2.75) is 166 Å². The van der Waals surface area contributed by atoms with Crippen LogP contribution in [0.1, 0.15) is 86.0 Å². The molecule has 0 radical (unpaired) electrons. The molecule has 0 unspecified atom stereocenters. The van der Waals surface area contributed by atoms with Gasteiger partial charge in [-0.15, -0.1) is 0 Å². The molecule has 2 heterocycles. The van der Waals surface area contributed by atoms with Crippen LogP contribution in [0.4, 0.5) is 0 Å². The molecule has 21 atom stereocenters. The Hall–Kier alpha value is -0.520. The van der Waals surface area contributed by atoms with E-state index in [0.29, 0.717) is 25.7 Å². The first-order chi connectivity index (χ1) is 24.6. The van der Waals surface area contributed by atoms with Gasteiger partial charge in [-0.1, -0.05) is 34.6 Å². The highest BCUT2D eigenvalue weighted by atomic mass is 16.8. The Balaban J connectivity index is 1.12. The Morgan fingerprint density at radius 1 is 0.750 bits per heavy atom. The second kappa shape index (κ2) is 16.1. The average Bonchev–Trinajstić information content (AvgIpc) is 3.55. The lowest BCUT2D eigenvalue weighted by Gasteiger charge is -2.63. The van der Waals surface area contributed by atoms with Crippen molar-refractivity contribution < 1.29 is 64.2 Å². The molecular formula is C39H68O13. The van der Waals surface area contributed by atoms with Gasteiger partial charge in [0.25, 0.3) is 0 Å². The van der Waals surface area contributed by atoms with Gasteiger partial charge in [-0.3, -0.25) is 0 Å². The summed E-state index contributed by atoms with van der Waals surface area (Å²) in [5, 5.41) is 76.5. The fourth-order valence-electron chi connectivity index (χ4n) is 12.3. The van der Waals surface area contributed by atoms with Crippen LogP contribution in [0.15, 0.2) is 0 Å². The maximum Gasteiger partial charge on any atom is 0.187 e. The molecule has 6 fully saturated rings. The minimum atomic E-state index is -1.20. The van der Waals surface area contributed by atoms with Gasteiger partial charge in [0.1, 0.15) is 36.6 Å². The SMILES string of the molecule is CO[C@H]1[C@H](O[C@H]2[C@H](O[C@@H](CC[C@@H](C)[C@H]3C[C@@H](O)[C@H]4[C@@H]5C[C@H](O)[C@H]6[C@@H](O)[C@@H](O)CC[C@]6(C)[C@H]5CC[C@@]43C)C(C)C)O[C@H](CO)[C@@H]2O)OC[C@@H](OC)[C@@H]1O. The van der Waals surface area contributed by atoms with E-state index in [0.717, 1.165) is 25.7 Å². The Bertz CT molecular complexity index is 1180. The van der Waals surface area contributed by atoms with Gasteiger partial charge in [-0.05, 0) is 97.7 Å². The molecule has 0 aromatic heterocycles.